The van der Waals surface area contributed by atoms with Crippen molar-refractivity contribution >= 4 is 5.69 Å². The topological polar surface area (TPSA) is 64.4 Å². The second-order valence-electron chi connectivity index (χ2n) is 4.11. The molecule has 0 saturated heterocycles. The smallest absolute Gasteiger partial charge is 0.272 e. The molecular formula is C13H20N2O3. The molecule has 0 saturated carbocycles. The van der Waals surface area contributed by atoms with Crippen LogP contribution < -0.4 is 5.32 Å². The Morgan fingerprint density at radius 3 is 2.89 bits per heavy atom. The maximum absolute atomic E-state index is 10.8. The Labute approximate surface area is 107 Å². The zero-order valence-electron chi connectivity index (χ0n) is 10.9. The number of nitro groups is 1. The average molecular weight is 252 g/mol. The number of benzene rings is 1. The summed E-state index contributed by atoms with van der Waals surface area (Å²) in [6.45, 7) is 6.70. The molecule has 0 heterocycles. The summed E-state index contributed by atoms with van der Waals surface area (Å²) in [5, 5.41) is 14.0. The normalized spacial score (nSPS) is 10.6. The highest BCUT2D eigenvalue weighted by Gasteiger charge is 2.10. The van der Waals surface area contributed by atoms with Crippen molar-refractivity contribution in [3.05, 3.63) is 39.4 Å². The maximum atomic E-state index is 10.8. The van der Waals surface area contributed by atoms with Gasteiger partial charge in [-0.3, -0.25) is 10.1 Å². The molecule has 0 atom stereocenters. The van der Waals surface area contributed by atoms with Gasteiger partial charge in [-0.2, -0.15) is 0 Å². The second-order valence-corrected chi connectivity index (χ2v) is 4.11. The Bertz CT molecular complexity index is 394. The SMILES string of the molecule is CCOCCCNCc1ccc(C)c([N+](=O)[O-])c1. The number of ether oxygens (including phenoxy) is 1. The van der Waals surface area contributed by atoms with Crippen molar-refractivity contribution in [3.8, 4) is 0 Å². The van der Waals surface area contributed by atoms with Crippen molar-refractivity contribution in [3.63, 3.8) is 0 Å². The zero-order valence-corrected chi connectivity index (χ0v) is 10.9. The number of hydrogen-bond donors (Lipinski definition) is 1. The minimum atomic E-state index is -0.339. The van der Waals surface area contributed by atoms with E-state index in [2.05, 4.69) is 5.32 Å². The highest BCUT2D eigenvalue weighted by Crippen LogP contribution is 2.18. The molecule has 1 rings (SSSR count). The molecule has 0 radical (unpaired) electrons. The third kappa shape index (κ3) is 4.81. The highest BCUT2D eigenvalue weighted by molar-refractivity contribution is 5.42. The molecule has 0 amide bonds. The number of nitrogens with zero attached hydrogens (tertiary/aromatic N) is 1. The third-order valence-electron chi connectivity index (χ3n) is 2.65. The van der Waals surface area contributed by atoms with E-state index in [0.29, 0.717) is 12.1 Å². The highest BCUT2D eigenvalue weighted by atomic mass is 16.6. The van der Waals surface area contributed by atoms with Crippen molar-refractivity contribution in [1.29, 1.82) is 0 Å². The Morgan fingerprint density at radius 1 is 1.44 bits per heavy atom. The van der Waals surface area contributed by atoms with Crippen LogP contribution >= 0.6 is 0 Å². The van der Waals surface area contributed by atoms with Gasteiger partial charge in [-0.25, -0.2) is 0 Å². The van der Waals surface area contributed by atoms with Gasteiger partial charge >= 0.3 is 0 Å². The maximum Gasteiger partial charge on any atom is 0.272 e. The summed E-state index contributed by atoms with van der Waals surface area (Å²) in [7, 11) is 0. The molecule has 1 N–H and O–H groups in total. The Balaban J connectivity index is 2.38. The Hall–Kier alpha value is -1.46. The van der Waals surface area contributed by atoms with Gasteiger partial charge in [0.2, 0.25) is 0 Å². The molecule has 0 unspecified atom stereocenters. The van der Waals surface area contributed by atoms with Crippen LogP contribution in [0.3, 0.4) is 0 Å². The quantitative estimate of drug-likeness (QED) is 0.438. The first-order chi connectivity index (χ1) is 8.65. The van der Waals surface area contributed by atoms with Crippen LogP contribution in [0.4, 0.5) is 5.69 Å². The second kappa shape index (κ2) is 7.79. The van der Waals surface area contributed by atoms with Crippen LogP contribution in [0, 0.1) is 17.0 Å². The first kappa shape index (κ1) is 14.6. The van der Waals surface area contributed by atoms with Gasteiger partial charge in [0.05, 0.1) is 4.92 Å². The summed E-state index contributed by atoms with van der Waals surface area (Å²) >= 11 is 0. The van der Waals surface area contributed by atoms with E-state index in [4.69, 9.17) is 4.74 Å². The number of nitro benzene ring substituents is 1. The van der Waals surface area contributed by atoms with E-state index in [1.807, 2.05) is 13.0 Å². The molecule has 0 spiro atoms. The van der Waals surface area contributed by atoms with Gasteiger partial charge in [-0.1, -0.05) is 12.1 Å². The van der Waals surface area contributed by atoms with E-state index in [1.54, 1.807) is 19.1 Å². The molecule has 0 aliphatic heterocycles. The first-order valence-corrected chi connectivity index (χ1v) is 6.17. The number of hydrogen-bond acceptors (Lipinski definition) is 4. The fraction of sp³-hybridized carbons (Fsp3) is 0.538. The average Bonchev–Trinajstić information content (AvgIpc) is 2.35. The third-order valence-corrected chi connectivity index (χ3v) is 2.65. The lowest BCUT2D eigenvalue weighted by Gasteiger charge is -2.06. The van der Waals surface area contributed by atoms with Gasteiger partial charge in [-0.15, -0.1) is 0 Å². The van der Waals surface area contributed by atoms with Gasteiger partial charge in [0, 0.05) is 31.4 Å². The van der Waals surface area contributed by atoms with E-state index in [1.165, 1.54) is 0 Å². The van der Waals surface area contributed by atoms with Gasteiger partial charge in [0.1, 0.15) is 0 Å². The molecule has 100 valence electrons. The van der Waals surface area contributed by atoms with E-state index >= 15 is 0 Å². The lowest BCUT2D eigenvalue weighted by molar-refractivity contribution is -0.385. The van der Waals surface area contributed by atoms with Gasteiger partial charge in [0.25, 0.3) is 5.69 Å². The van der Waals surface area contributed by atoms with E-state index in [-0.39, 0.29) is 10.6 Å². The molecule has 1 aromatic rings. The van der Waals surface area contributed by atoms with Crippen molar-refractivity contribution in [2.45, 2.75) is 26.8 Å². The van der Waals surface area contributed by atoms with Gasteiger partial charge in [-0.05, 0) is 32.4 Å². The van der Waals surface area contributed by atoms with E-state index < -0.39 is 0 Å². The summed E-state index contributed by atoms with van der Waals surface area (Å²) < 4.78 is 5.22. The molecule has 0 aliphatic rings. The summed E-state index contributed by atoms with van der Waals surface area (Å²) in [5.41, 5.74) is 1.81. The number of aryl methyl sites for hydroxylation is 1. The van der Waals surface area contributed by atoms with Crippen LogP contribution in [-0.4, -0.2) is 24.7 Å². The van der Waals surface area contributed by atoms with Crippen molar-refractivity contribution in [1.82, 2.24) is 5.32 Å². The predicted molar refractivity (Wildman–Crippen MR) is 70.7 cm³/mol. The molecule has 0 bridgehead atoms. The zero-order chi connectivity index (χ0) is 13.4. The summed E-state index contributed by atoms with van der Waals surface area (Å²) in [6.07, 6.45) is 0.946. The summed E-state index contributed by atoms with van der Waals surface area (Å²) in [5.74, 6) is 0. The van der Waals surface area contributed by atoms with Crippen LogP contribution in [0.5, 0.6) is 0 Å². The van der Waals surface area contributed by atoms with Gasteiger partial charge in [0.15, 0.2) is 0 Å². The first-order valence-electron chi connectivity index (χ1n) is 6.17. The molecule has 0 fully saturated rings. The van der Waals surface area contributed by atoms with E-state index in [0.717, 1.165) is 31.7 Å². The summed E-state index contributed by atoms with van der Waals surface area (Å²) in [4.78, 5) is 10.5. The molecule has 0 aliphatic carbocycles. The molecule has 5 nitrogen and oxygen atoms in total. The van der Waals surface area contributed by atoms with Crippen LogP contribution in [-0.2, 0) is 11.3 Å². The summed E-state index contributed by atoms with van der Waals surface area (Å²) in [6, 6.07) is 5.33. The fourth-order valence-electron chi connectivity index (χ4n) is 1.64. The molecule has 1 aromatic carbocycles. The number of nitrogens with one attached hydrogen (secondary N) is 1. The minimum Gasteiger partial charge on any atom is -0.382 e. The van der Waals surface area contributed by atoms with Crippen molar-refractivity contribution in [2.75, 3.05) is 19.8 Å². The lowest BCUT2D eigenvalue weighted by atomic mass is 10.1. The monoisotopic (exact) mass is 252 g/mol. The fourth-order valence-corrected chi connectivity index (χ4v) is 1.64. The molecule has 0 aromatic heterocycles. The van der Waals surface area contributed by atoms with Crippen LogP contribution in [0.25, 0.3) is 0 Å². The van der Waals surface area contributed by atoms with Crippen LogP contribution in [0.1, 0.15) is 24.5 Å². The van der Waals surface area contributed by atoms with Crippen LogP contribution in [0.15, 0.2) is 18.2 Å². The largest absolute Gasteiger partial charge is 0.382 e. The molecular weight excluding hydrogens is 232 g/mol. The number of rotatable bonds is 8. The standard InChI is InChI=1S/C13H20N2O3/c1-3-18-8-4-7-14-10-12-6-5-11(2)13(9-12)15(16)17/h5-6,9,14H,3-4,7-8,10H2,1-2H3. The Morgan fingerprint density at radius 2 is 2.22 bits per heavy atom. The van der Waals surface area contributed by atoms with E-state index in [9.17, 15) is 10.1 Å². The van der Waals surface area contributed by atoms with Crippen molar-refractivity contribution in [2.24, 2.45) is 0 Å². The van der Waals surface area contributed by atoms with Gasteiger partial charge < -0.3 is 10.1 Å². The molecule has 5 heteroatoms. The minimum absolute atomic E-state index is 0.184. The van der Waals surface area contributed by atoms with Crippen molar-refractivity contribution < 1.29 is 9.66 Å². The lowest BCUT2D eigenvalue weighted by Crippen LogP contribution is -2.16. The molecule has 18 heavy (non-hydrogen) atoms. The van der Waals surface area contributed by atoms with Crippen LogP contribution in [0.2, 0.25) is 0 Å². The predicted octanol–water partition coefficient (Wildman–Crippen LogP) is 2.42. The Kier molecular flexibility index (Phi) is 6.32.